The molecule has 0 aromatic carbocycles. The Balaban J connectivity index is 4.05. The fourth-order valence-corrected chi connectivity index (χ4v) is 7.93. The van der Waals surface area contributed by atoms with Crippen molar-refractivity contribution in [2.24, 2.45) is 0 Å². The highest BCUT2D eigenvalue weighted by atomic mass is 31.2. The van der Waals surface area contributed by atoms with E-state index in [0.717, 1.165) is 38.5 Å². The largest absolute Gasteiger partial charge is 0.756 e. The molecule has 8 nitrogen and oxygen atoms in total. The molecule has 0 rings (SSSR count). The number of nitrogens with zero attached hydrogens (tertiary/aromatic N) is 1. The zero-order chi connectivity index (χ0) is 42.8. The van der Waals surface area contributed by atoms with Crippen molar-refractivity contribution in [2.45, 2.75) is 244 Å². The smallest absolute Gasteiger partial charge is 0.268 e. The van der Waals surface area contributed by atoms with E-state index in [-0.39, 0.29) is 19.1 Å². The summed E-state index contributed by atoms with van der Waals surface area (Å²) in [5, 5.41) is 13.7. The monoisotopic (exact) mass is 841 g/mol. The van der Waals surface area contributed by atoms with Gasteiger partial charge in [-0.15, -0.1) is 0 Å². The lowest BCUT2D eigenvalue weighted by molar-refractivity contribution is -0.870. The first kappa shape index (κ1) is 57.0. The summed E-state index contributed by atoms with van der Waals surface area (Å²) in [6, 6.07) is -0.881. The fourth-order valence-electron chi connectivity index (χ4n) is 7.21. The molecule has 0 bridgehead atoms. The minimum absolute atomic E-state index is 0.000396. The topological polar surface area (TPSA) is 108 Å². The van der Waals surface area contributed by atoms with Crippen molar-refractivity contribution in [1.29, 1.82) is 0 Å². The van der Waals surface area contributed by atoms with Crippen LogP contribution in [0.25, 0.3) is 0 Å². The zero-order valence-electron chi connectivity index (χ0n) is 39.0. The number of rotatable bonds is 45. The second-order valence-electron chi connectivity index (χ2n) is 18.2. The van der Waals surface area contributed by atoms with E-state index in [1.165, 1.54) is 173 Å². The van der Waals surface area contributed by atoms with Gasteiger partial charge in [0, 0.05) is 6.42 Å². The van der Waals surface area contributed by atoms with Crippen LogP contribution < -0.4 is 10.2 Å². The number of carbonyl (C=O) groups is 1. The Labute approximate surface area is 360 Å². The van der Waals surface area contributed by atoms with Crippen LogP contribution in [0, 0.1) is 0 Å². The molecule has 0 aromatic rings. The van der Waals surface area contributed by atoms with Gasteiger partial charge in [0.2, 0.25) is 5.91 Å². The van der Waals surface area contributed by atoms with Gasteiger partial charge in [0.05, 0.1) is 39.9 Å². The van der Waals surface area contributed by atoms with E-state index in [1.54, 1.807) is 6.08 Å². The number of allylic oxidation sites excluding steroid dienone is 3. The number of unbranched alkanes of at least 4 members (excludes halogenated alkanes) is 30. The van der Waals surface area contributed by atoms with E-state index < -0.39 is 20.0 Å². The zero-order valence-corrected chi connectivity index (χ0v) is 39.9. The Morgan fingerprint density at radius 1 is 0.586 bits per heavy atom. The molecular formula is C49H97N2O6P. The average molecular weight is 841 g/mol. The summed E-state index contributed by atoms with van der Waals surface area (Å²) < 4.78 is 23.2. The maximum atomic E-state index is 12.8. The number of carbonyl (C=O) groups excluding carboxylic acids is 1. The van der Waals surface area contributed by atoms with Crippen LogP contribution >= 0.6 is 7.82 Å². The molecule has 0 fully saturated rings. The summed E-state index contributed by atoms with van der Waals surface area (Å²) in [6.45, 7) is 4.63. The molecule has 3 unspecified atom stereocenters. The van der Waals surface area contributed by atoms with Crippen molar-refractivity contribution < 1.29 is 32.9 Å². The van der Waals surface area contributed by atoms with Crippen molar-refractivity contribution in [3.63, 3.8) is 0 Å². The third kappa shape index (κ3) is 43.1. The van der Waals surface area contributed by atoms with Gasteiger partial charge >= 0.3 is 0 Å². The van der Waals surface area contributed by atoms with E-state index in [9.17, 15) is 19.4 Å². The molecule has 0 aliphatic rings. The highest BCUT2D eigenvalue weighted by molar-refractivity contribution is 7.45. The maximum absolute atomic E-state index is 12.8. The SMILES string of the molecule is CCCCCCCCC/C=C/C(O)C(COP(=O)([O-])OCC[N+](C)(C)C)NC(=O)CCCCCCCCCCCCCCCCC/C=C\CCCCCCCCCC. The molecule has 0 saturated heterocycles. The van der Waals surface area contributed by atoms with Crippen molar-refractivity contribution in [2.75, 3.05) is 40.9 Å². The lowest BCUT2D eigenvalue weighted by Gasteiger charge is -2.29. The normalized spacial score (nSPS) is 14.4. The molecule has 0 aliphatic carbocycles. The van der Waals surface area contributed by atoms with Crippen LogP contribution in [-0.2, 0) is 18.4 Å². The average Bonchev–Trinajstić information content (AvgIpc) is 3.17. The molecule has 1 amide bonds. The quantitative estimate of drug-likeness (QED) is 0.0274. The summed E-state index contributed by atoms with van der Waals surface area (Å²) in [7, 11) is 1.27. The maximum Gasteiger partial charge on any atom is 0.268 e. The minimum Gasteiger partial charge on any atom is -0.756 e. The number of phosphoric ester groups is 1. The number of aliphatic hydroxyl groups is 1. The molecule has 0 spiro atoms. The van der Waals surface area contributed by atoms with Crippen molar-refractivity contribution in [3.05, 3.63) is 24.3 Å². The Morgan fingerprint density at radius 2 is 0.948 bits per heavy atom. The van der Waals surface area contributed by atoms with Crippen LogP contribution in [-0.4, -0.2) is 68.5 Å². The van der Waals surface area contributed by atoms with Crippen LogP contribution in [0.5, 0.6) is 0 Å². The van der Waals surface area contributed by atoms with Gasteiger partial charge in [-0.3, -0.25) is 9.36 Å². The second kappa shape index (κ2) is 41.3. The van der Waals surface area contributed by atoms with Gasteiger partial charge < -0.3 is 28.8 Å². The molecule has 0 heterocycles. The van der Waals surface area contributed by atoms with Crippen LogP contribution in [0.1, 0.15) is 232 Å². The van der Waals surface area contributed by atoms with Gasteiger partial charge in [0.25, 0.3) is 7.82 Å². The summed E-state index contributed by atoms with van der Waals surface area (Å²) >= 11 is 0. The number of hydrogen-bond donors (Lipinski definition) is 2. The van der Waals surface area contributed by atoms with E-state index in [1.807, 2.05) is 27.2 Å². The molecule has 2 N–H and O–H groups in total. The molecule has 9 heteroatoms. The lowest BCUT2D eigenvalue weighted by atomic mass is 10.0. The van der Waals surface area contributed by atoms with Crippen LogP contribution in [0.15, 0.2) is 24.3 Å². The number of likely N-dealkylation sites (N-methyl/N-ethyl adjacent to an activating group) is 1. The summed E-state index contributed by atoms with van der Waals surface area (Å²) in [6.07, 6.45) is 49.7. The predicted molar refractivity (Wildman–Crippen MR) is 247 cm³/mol. The molecule has 344 valence electrons. The fraction of sp³-hybridized carbons (Fsp3) is 0.898. The number of hydrogen-bond acceptors (Lipinski definition) is 6. The summed E-state index contributed by atoms with van der Waals surface area (Å²) in [5.74, 6) is -0.198. The highest BCUT2D eigenvalue weighted by Crippen LogP contribution is 2.38. The highest BCUT2D eigenvalue weighted by Gasteiger charge is 2.23. The molecular weight excluding hydrogens is 744 g/mol. The van der Waals surface area contributed by atoms with Gasteiger partial charge in [-0.05, 0) is 44.9 Å². The molecule has 3 atom stereocenters. The van der Waals surface area contributed by atoms with Crippen molar-refractivity contribution >= 4 is 13.7 Å². The third-order valence-electron chi connectivity index (χ3n) is 11.2. The van der Waals surface area contributed by atoms with Gasteiger partial charge in [0.1, 0.15) is 13.2 Å². The van der Waals surface area contributed by atoms with E-state index >= 15 is 0 Å². The van der Waals surface area contributed by atoms with Crippen LogP contribution in [0.2, 0.25) is 0 Å². The van der Waals surface area contributed by atoms with Gasteiger partial charge in [-0.1, -0.05) is 205 Å². The molecule has 0 saturated carbocycles. The summed E-state index contributed by atoms with van der Waals surface area (Å²) in [4.78, 5) is 25.3. The number of amides is 1. The first-order chi connectivity index (χ1) is 28.0. The molecule has 0 aliphatic heterocycles. The van der Waals surface area contributed by atoms with Crippen molar-refractivity contribution in [3.8, 4) is 0 Å². The first-order valence-electron chi connectivity index (χ1n) is 24.7. The van der Waals surface area contributed by atoms with Crippen LogP contribution in [0.4, 0.5) is 0 Å². The number of phosphoric acid groups is 1. The molecule has 0 aromatic heterocycles. The predicted octanol–water partition coefficient (Wildman–Crippen LogP) is 13.5. The Hall–Kier alpha value is -1.02. The number of nitrogens with one attached hydrogen (secondary N) is 1. The van der Waals surface area contributed by atoms with E-state index in [0.29, 0.717) is 17.4 Å². The Bertz CT molecular complexity index is 1000. The van der Waals surface area contributed by atoms with Gasteiger partial charge in [-0.2, -0.15) is 0 Å². The van der Waals surface area contributed by atoms with Gasteiger partial charge in [-0.25, -0.2) is 0 Å². The number of quaternary nitrogens is 1. The Kier molecular flexibility index (Phi) is 40.6. The second-order valence-corrected chi connectivity index (χ2v) is 19.6. The van der Waals surface area contributed by atoms with Gasteiger partial charge in [0.15, 0.2) is 0 Å². The van der Waals surface area contributed by atoms with E-state index in [2.05, 4.69) is 31.3 Å². The van der Waals surface area contributed by atoms with Crippen LogP contribution in [0.3, 0.4) is 0 Å². The third-order valence-corrected chi connectivity index (χ3v) is 12.1. The Morgan fingerprint density at radius 3 is 1.34 bits per heavy atom. The lowest BCUT2D eigenvalue weighted by Crippen LogP contribution is -2.45. The minimum atomic E-state index is -4.58. The number of aliphatic hydroxyl groups excluding tert-OH is 1. The first-order valence-corrected chi connectivity index (χ1v) is 26.2. The molecule has 0 radical (unpaired) electrons. The van der Waals surface area contributed by atoms with Crippen molar-refractivity contribution in [1.82, 2.24) is 5.32 Å². The summed E-state index contributed by atoms with van der Waals surface area (Å²) in [5.41, 5.74) is 0. The standard InChI is InChI=1S/C49H97N2O6P/c1-6-8-10-12-14-16-17-18-19-20-21-22-23-24-25-26-27-28-29-30-31-32-33-35-37-39-41-43-49(53)50-47(46-57-58(54,55)56-45-44-51(3,4)5)48(52)42-40-38-36-34-15-13-11-9-7-2/h20-21,40,42,47-48,52H,6-19,22-39,41,43-46H2,1-5H3,(H-,50,53,54,55)/b21-20-,42-40+. The van der Waals surface area contributed by atoms with E-state index in [4.69, 9.17) is 9.05 Å². The molecule has 58 heavy (non-hydrogen) atoms.